The van der Waals surface area contributed by atoms with Crippen molar-refractivity contribution < 1.29 is 4.79 Å². The van der Waals surface area contributed by atoms with Gasteiger partial charge in [-0.1, -0.05) is 36.8 Å². The van der Waals surface area contributed by atoms with E-state index in [1.807, 2.05) is 37.4 Å². The zero-order valence-electron chi connectivity index (χ0n) is 16.6. The largest absolute Gasteiger partial charge is 0.356 e. The number of likely N-dealkylation sites (tertiary alicyclic amines) is 1. The number of piperidine rings is 1. The van der Waals surface area contributed by atoms with Crippen molar-refractivity contribution in [3.63, 3.8) is 0 Å². The number of halogens is 1. The van der Waals surface area contributed by atoms with Crippen molar-refractivity contribution in [1.82, 2.24) is 20.4 Å². The molecule has 6 nitrogen and oxygen atoms in total. The zero-order chi connectivity index (χ0) is 18.6. The summed E-state index contributed by atoms with van der Waals surface area (Å²) in [6.45, 7) is 5.55. The highest BCUT2D eigenvalue weighted by atomic mass is 127. The van der Waals surface area contributed by atoms with Crippen LogP contribution in [-0.2, 0) is 11.3 Å². The van der Waals surface area contributed by atoms with E-state index in [1.165, 1.54) is 32.4 Å². The third-order valence-corrected chi connectivity index (χ3v) is 4.71. The fraction of sp³-hybridized carbons (Fsp3) is 0.600. The molecule has 2 rings (SSSR count). The van der Waals surface area contributed by atoms with Crippen LogP contribution in [0.1, 0.15) is 31.2 Å². The lowest BCUT2D eigenvalue weighted by atomic mass is 10.1. The first kappa shape index (κ1) is 23.7. The van der Waals surface area contributed by atoms with E-state index >= 15 is 0 Å². The molecule has 1 aromatic rings. The van der Waals surface area contributed by atoms with Crippen LogP contribution in [0.5, 0.6) is 0 Å². The predicted molar refractivity (Wildman–Crippen MR) is 123 cm³/mol. The van der Waals surface area contributed by atoms with Crippen LogP contribution in [0.2, 0.25) is 0 Å². The first-order valence-electron chi connectivity index (χ1n) is 9.64. The van der Waals surface area contributed by atoms with Crippen LogP contribution in [0.3, 0.4) is 0 Å². The lowest BCUT2D eigenvalue weighted by Crippen LogP contribution is -2.43. The predicted octanol–water partition coefficient (Wildman–Crippen LogP) is 2.30. The minimum Gasteiger partial charge on any atom is -0.356 e. The molecule has 152 valence electrons. The molecule has 1 saturated heterocycles. The van der Waals surface area contributed by atoms with Gasteiger partial charge in [0.05, 0.1) is 0 Å². The fourth-order valence-corrected chi connectivity index (χ4v) is 3.16. The van der Waals surface area contributed by atoms with Crippen LogP contribution in [-0.4, -0.2) is 68.5 Å². The van der Waals surface area contributed by atoms with Crippen LogP contribution in [0.4, 0.5) is 0 Å². The van der Waals surface area contributed by atoms with Gasteiger partial charge < -0.3 is 20.4 Å². The molecule has 1 aliphatic rings. The third kappa shape index (κ3) is 9.41. The van der Waals surface area contributed by atoms with Crippen molar-refractivity contribution in [2.45, 2.75) is 32.2 Å². The Morgan fingerprint density at radius 2 is 1.78 bits per heavy atom. The van der Waals surface area contributed by atoms with Gasteiger partial charge in [0.25, 0.3) is 0 Å². The molecule has 1 aromatic carbocycles. The van der Waals surface area contributed by atoms with E-state index in [-0.39, 0.29) is 29.9 Å². The van der Waals surface area contributed by atoms with Crippen LogP contribution in [0.25, 0.3) is 0 Å². The topological polar surface area (TPSA) is 60.0 Å². The number of aliphatic imine (C=N–C) groups is 1. The summed E-state index contributed by atoms with van der Waals surface area (Å²) >= 11 is 0. The average Bonchev–Trinajstić information content (AvgIpc) is 2.68. The number of rotatable bonds is 8. The molecule has 7 heteroatoms. The second kappa shape index (κ2) is 13.8. The number of carbonyl (C=O) groups excluding carboxylic acids is 1. The number of nitrogens with one attached hydrogen (secondary N) is 2. The van der Waals surface area contributed by atoms with Gasteiger partial charge in [0.1, 0.15) is 0 Å². The normalized spacial score (nSPS) is 15.0. The molecule has 1 fully saturated rings. The Labute approximate surface area is 180 Å². The van der Waals surface area contributed by atoms with Crippen molar-refractivity contribution in [3.8, 4) is 0 Å². The van der Waals surface area contributed by atoms with E-state index in [0.717, 1.165) is 24.6 Å². The first-order chi connectivity index (χ1) is 12.7. The Morgan fingerprint density at radius 3 is 2.44 bits per heavy atom. The van der Waals surface area contributed by atoms with Crippen molar-refractivity contribution in [2.75, 3.05) is 46.8 Å². The van der Waals surface area contributed by atoms with Gasteiger partial charge in [0, 0.05) is 46.7 Å². The van der Waals surface area contributed by atoms with Gasteiger partial charge in [-0.25, -0.2) is 0 Å². The number of nitrogens with zero attached hydrogens (tertiary/aromatic N) is 3. The van der Waals surface area contributed by atoms with E-state index in [2.05, 4.69) is 20.5 Å². The minimum absolute atomic E-state index is 0. The average molecular weight is 487 g/mol. The van der Waals surface area contributed by atoms with Gasteiger partial charge >= 0.3 is 0 Å². The summed E-state index contributed by atoms with van der Waals surface area (Å²) in [6.07, 6.45) is 4.44. The molecule has 0 atom stereocenters. The Bertz CT molecular complexity index is 561. The highest BCUT2D eigenvalue weighted by Gasteiger charge is 2.11. The van der Waals surface area contributed by atoms with Crippen LogP contribution < -0.4 is 10.6 Å². The Kier molecular flexibility index (Phi) is 12.1. The number of hydrogen-bond acceptors (Lipinski definition) is 3. The molecular weight excluding hydrogens is 453 g/mol. The van der Waals surface area contributed by atoms with Crippen LogP contribution in [0.15, 0.2) is 35.3 Å². The van der Waals surface area contributed by atoms with E-state index in [1.54, 1.807) is 11.9 Å². The summed E-state index contributed by atoms with van der Waals surface area (Å²) < 4.78 is 0. The maximum Gasteiger partial charge on any atom is 0.224 e. The second-order valence-electron chi connectivity index (χ2n) is 6.81. The summed E-state index contributed by atoms with van der Waals surface area (Å²) in [4.78, 5) is 20.7. The number of hydrogen-bond donors (Lipinski definition) is 2. The van der Waals surface area contributed by atoms with Gasteiger partial charge in [-0.2, -0.15) is 0 Å². The van der Waals surface area contributed by atoms with E-state index in [0.29, 0.717) is 19.5 Å². The summed E-state index contributed by atoms with van der Waals surface area (Å²) in [6, 6.07) is 10.1. The molecular formula is C20H34IN5O. The maximum absolute atomic E-state index is 12.3. The highest BCUT2D eigenvalue weighted by molar-refractivity contribution is 14.0. The smallest absolute Gasteiger partial charge is 0.224 e. The molecule has 0 aliphatic carbocycles. The molecule has 1 amide bonds. The second-order valence-corrected chi connectivity index (χ2v) is 6.81. The first-order valence-corrected chi connectivity index (χ1v) is 9.64. The summed E-state index contributed by atoms with van der Waals surface area (Å²) in [5, 5.41) is 6.56. The Hall–Kier alpha value is -1.35. The Balaban J connectivity index is 0.00000364. The van der Waals surface area contributed by atoms with Crippen molar-refractivity contribution in [3.05, 3.63) is 35.9 Å². The maximum atomic E-state index is 12.3. The van der Waals surface area contributed by atoms with Gasteiger partial charge in [-0.3, -0.25) is 9.79 Å². The molecule has 1 heterocycles. The number of amides is 1. The van der Waals surface area contributed by atoms with Gasteiger partial charge in [-0.15, -0.1) is 24.0 Å². The van der Waals surface area contributed by atoms with Gasteiger partial charge in [0.2, 0.25) is 5.91 Å². The fourth-order valence-electron chi connectivity index (χ4n) is 3.16. The highest BCUT2D eigenvalue weighted by Crippen LogP contribution is 2.07. The van der Waals surface area contributed by atoms with Crippen LogP contribution in [0, 0.1) is 0 Å². The van der Waals surface area contributed by atoms with E-state index in [4.69, 9.17) is 0 Å². The molecule has 0 aromatic heterocycles. The lowest BCUT2D eigenvalue weighted by molar-refractivity contribution is -0.130. The Morgan fingerprint density at radius 1 is 1.11 bits per heavy atom. The van der Waals surface area contributed by atoms with Gasteiger partial charge in [0.15, 0.2) is 5.96 Å². The zero-order valence-corrected chi connectivity index (χ0v) is 18.9. The van der Waals surface area contributed by atoms with E-state index in [9.17, 15) is 4.79 Å². The third-order valence-electron chi connectivity index (χ3n) is 4.71. The molecule has 27 heavy (non-hydrogen) atoms. The molecule has 0 unspecified atom stereocenters. The minimum atomic E-state index is 0. The van der Waals surface area contributed by atoms with Crippen LogP contribution >= 0.6 is 24.0 Å². The standard InChI is InChI=1S/C20H33N5O.HI/c1-21-20(23-13-16-25-14-7-4-8-15-25)22-12-11-19(26)24(2)17-18-9-5-3-6-10-18;/h3,5-6,9-10H,4,7-8,11-17H2,1-2H3,(H2,21,22,23);1H. The van der Waals surface area contributed by atoms with Gasteiger partial charge in [-0.05, 0) is 31.5 Å². The van der Waals surface area contributed by atoms with Crippen molar-refractivity contribution in [2.24, 2.45) is 4.99 Å². The van der Waals surface area contributed by atoms with E-state index < -0.39 is 0 Å². The molecule has 2 N–H and O–H groups in total. The monoisotopic (exact) mass is 487 g/mol. The van der Waals surface area contributed by atoms with Crippen molar-refractivity contribution >= 4 is 35.8 Å². The molecule has 0 radical (unpaired) electrons. The number of benzene rings is 1. The SMILES string of the molecule is CN=C(NCCC(=O)N(C)Cc1ccccc1)NCCN1CCCCC1.I. The number of guanidine groups is 1. The molecule has 0 bridgehead atoms. The quantitative estimate of drug-likeness (QED) is 0.336. The summed E-state index contributed by atoms with van der Waals surface area (Å²) in [5.74, 6) is 0.894. The summed E-state index contributed by atoms with van der Waals surface area (Å²) in [7, 11) is 3.61. The molecule has 1 aliphatic heterocycles. The van der Waals surface area contributed by atoms with Crippen molar-refractivity contribution in [1.29, 1.82) is 0 Å². The summed E-state index contributed by atoms with van der Waals surface area (Å²) in [5.41, 5.74) is 1.14. The molecule has 0 saturated carbocycles. The molecule has 0 spiro atoms. The lowest BCUT2D eigenvalue weighted by Gasteiger charge is -2.26. The number of carbonyl (C=O) groups is 1.